The fraction of sp³-hybridized carbons (Fsp3) is 0.158. The van der Waals surface area contributed by atoms with Crippen molar-refractivity contribution < 1.29 is 4.79 Å². The van der Waals surface area contributed by atoms with Gasteiger partial charge in [-0.05, 0) is 42.3 Å². The van der Waals surface area contributed by atoms with Crippen molar-refractivity contribution in [2.45, 2.75) is 19.9 Å². The number of anilines is 1. The lowest BCUT2D eigenvalue weighted by molar-refractivity contribution is -0.116. The summed E-state index contributed by atoms with van der Waals surface area (Å²) < 4.78 is 2.61. The molecule has 1 aromatic heterocycles. The second-order valence-corrected chi connectivity index (χ2v) is 6.48. The first-order valence-electron chi connectivity index (χ1n) is 7.74. The number of nitrogens with one attached hydrogen (secondary N) is 1. The van der Waals surface area contributed by atoms with Crippen LogP contribution in [0.4, 0.5) is 5.69 Å². The number of fused-ring (bicyclic) bond motifs is 1. The number of amides is 1. The van der Waals surface area contributed by atoms with Gasteiger partial charge < -0.3 is 9.88 Å². The third kappa shape index (κ3) is 3.57. The van der Waals surface area contributed by atoms with Crippen LogP contribution in [0.25, 0.3) is 10.9 Å². The summed E-state index contributed by atoms with van der Waals surface area (Å²) in [6.45, 7) is 2.24. The molecule has 0 unspecified atom stereocenters. The lowest BCUT2D eigenvalue weighted by Crippen LogP contribution is -2.20. The van der Waals surface area contributed by atoms with Gasteiger partial charge in [-0.15, -0.1) is 0 Å². The zero-order valence-electron chi connectivity index (χ0n) is 13.3. The molecule has 5 heteroatoms. The Balaban J connectivity index is 1.82. The van der Waals surface area contributed by atoms with Crippen molar-refractivity contribution >= 4 is 38.4 Å². The van der Waals surface area contributed by atoms with Crippen LogP contribution in [-0.2, 0) is 17.8 Å². The Hall–Kier alpha value is -2.40. The van der Waals surface area contributed by atoms with E-state index >= 15 is 0 Å². The molecule has 3 rings (SSSR count). The van der Waals surface area contributed by atoms with Crippen molar-refractivity contribution in [1.82, 2.24) is 4.57 Å². The monoisotopic (exact) mass is 384 g/mol. The molecule has 24 heavy (non-hydrogen) atoms. The largest absolute Gasteiger partial charge is 0.338 e. The average Bonchev–Trinajstić information content (AvgIpc) is 2.58. The van der Waals surface area contributed by atoms with Crippen molar-refractivity contribution in [1.29, 1.82) is 0 Å². The number of carbonyl (C=O) groups is 1. The quantitative estimate of drug-likeness (QED) is 0.739. The highest BCUT2D eigenvalue weighted by molar-refractivity contribution is 9.10. The lowest BCUT2D eigenvalue weighted by atomic mass is 10.1. The van der Waals surface area contributed by atoms with E-state index in [1.807, 2.05) is 36.4 Å². The normalized spacial score (nSPS) is 10.8. The molecule has 4 nitrogen and oxygen atoms in total. The van der Waals surface area contributed by atoms with Crippen LogP contribution >= 0.6 is 15.9 Å². The number of carbonyl (C=O) groups excluding carboxylic acids is 1. The second kappa shape index (κ2) is 7.01. The summed E-state index contributed by atoms with van der Waals surface area (Å²) in [7, 11) is 0. The number of hydrogen-bond donors (Lipinski definition) is 1. The van der Waals surface area contributed by atoms with E-state index in [1.165, 1.54) is 11.6 Å². The zero-order valence-corrected chi connectivity index (χ0v) is 14.8. The maximum atomic E-state index is 12.3. The van der Waals surface area contributed by atoms with Crippen molar-refractivity contribution in [3.05, 3.63) is 75.0 Å². The summed E-state index contributed by atoms with van der Waals surface area (Å²) in [6, 6.07) is 14.8. The molecule has 2 aromatic carbocycles. The predicted octanol–water partition coefficient (Wildman–Crippen LogP) is 3.97. The van der Waals surface area contributed by atoms with Crippen molar-refractivity contribution in [2.24, 2.45) is 0 Å². The third-order valence-corrected chi connectivity index (χ3v) is 4.39. The average molecular weight is 385 g/mol. The number of halogens is 1. The first-order valence-corrected chi connectivity index (χ1v) is 8.53. The van der Waals surface area contributed by atoms with E-state index in [1.54, 1.807) is 16.8 Å². The van der Waals surface area contributed by atoms with Gasteiger partial charge in [0.1, 0.15) is 6.54 Å². The number of aromatic nitrogens is 1. The zero-order chi connectivity index (χ0) is 17.1. The fourth-order valence-electron chi connectivity index (χ4n) is 2.60. The standard InChI is InChI=1S/C19H17BrN2O2/c1-2-13-3-6-15(7-4-13)21-19(24)12-22-10-9-18(23)16-11-14(20)5-8-17(16)22/h3-11H,2,12H2,1H3,(H,21,24). The Morgan fingerprint density at radius 3 is 2.58 bits per heavy atom. The van der Waals surface area contributed by atoms with Crippen molar-refractivity contribution in [2.75, 3.05) is 5.32 Å². The molecule has 1 heterocycles. The molecule has 0 saturated heterocycles. The van der Waals surface area contributed by atoms with Crippen molar-refractivity contribution in [3.63, 3.8) is 0 Å². The molecule has 1 N–H and O–H groups in total. The van der Waals surface area contributed by atoms with E-state index in [0.717, 1.165) is 22.1 Å². The summed E-state index contributed by atoms with van der Waals surface area (Å²) in [5, 5.41) is 3.48. The van der Waals surface area contributed by atoms with E-state index in [-0.39, 0.29) is 17.9 Å². The Morgan fingerprint density at radius 1 is 1.12 bits per heavy atom. The van der Waals surface area contributed by atoms with Crippen LogP contribution < -0.4 is 10.7 Å². The Bertz CT molecular complexity index is 946. The predicted molar refractivity (Wildman–Crippen MR) is 100 cm³/mol. The van der Waals surface area contributed by atoms with Gasteiger partial charge in [0.25, 0.3) is 0 Å². The van der Waals surface area contributed by atoms with E-state index in [4.69, 9.17) is 0 Å². The smallest absolute Gasteiger partial charge is 0.244 e. The van der Waals surface area contributed by atoms with Crippen LogP contribution in [0.3, 0.4) is 0 Å². The molecule has 0 saturated carbocycles. The molecule has 0 bridgehead atoms. The highest BCUT2D eigenvalue weighted by Crippen LogP contribution is 2.17. The van der Waals surface area contributed by atoms with Gasteiger partial charge in [0.15, 0.2) is 5.43 Å². The van der Waals surface area contributed by atoms with Gasteiger partial charge in [-0.3, -0.25) is 9.59 Å². The summed E-state index contributed by atoms with van der Waals surface area (Å²) in [6.07, 6.45) is 2.62. The molecule has 0 aliphatic heterocycles. The van der Waals surface area contributed by atoms with Crippen LogP contribution in [0.2, 0.25) is 0 Å². The van der Waals surface area contributed by atoms with Gasteiger partial charge in [0, 0.05) is 27.8 Å². The summed E-state index contributed by atoms with van der Waals surface area (Å²) in [5.74, 6) is -0.132. The molecule has 0 radical (unpaired) electrons. The first-order chi connectivity index (χ1) is 11.6. The number of pyridine rings is 1. The Labute approximate surface area is 148 Å². The van der Waals surface area contributed by atoms with Crippen molar-refractivity contribution in [3.8, 4) is 0 Å². The van der Waals surface area contributed by atoms with E-state index in [0.29, 0.717) is 5.39 Å². The highest BCUT2D eigenvalue weighted by atomic mass is 79.9. The van der Waals surface area contributed by atoms with Crippen LogP contribution in [0, 0.1) is 0 Å². The van der Waals surface area contributed by atoms with Crippen LogP contribution in [-0.4, -0.2) is 10.5 Å². The van der Waals surface area contributed by atoms with Crippen LogP contribution in [0.1, 0.15) is 12.5 Å². The lowest BCUT2D eigenvalue weighted by Gasteiger charge is -2.11. The highest BCUT2D eigenvalue weighted by Gasteiger charge is 2.08. The maximum Gasteiger partial charge on any atom is 0.244 e. The van der Waals surface area contributed by atoms with Gasteiger partial charge in [0.05, 0.1) is 5.52 Å². The van der Waals surface area contributed by atoms with Gasteiger partial charge in [0.2, 0.25) is 5.91 Å². The maximum absolute atomic E-state index is 12.3. The van der Waals surface area contributed by atoms with E-state index < -0.39 is 0 Å². The molecular formula is C19H17BrN2O2. The minimum Gasteiger partial charge on any atom is -0.338 e. The number of aryl methyl sites for hydroxylation is 1. The molecule has 1 amide bonds. The fourth-order valence-corrected chi connectivity index (χ4v) is 2.96. The summed E-state index contributed by atoms with van der Waals surface area (Å²) in [5.41, 5.74) is 2.68. The number of nitrogens with zero attached hydrogens (tertiary/aromatic N) is 1. The molecule has 0 fully saturated rings. The minimum absolute atomic E-state index is 0.0573. The first kappa shape index (κ1) is 16.5. The van der Waals surface area contributed by atoms with E-state index in [9.17, 15) is 9.59 Å². The molecule has 0 atom stereocenters. The number of benzene rings is 2. The number of rotatable bonds is 4. The minimum atomic E-state index is -0.132. The van der Waals surface area contributed by atoms with Gasteiger partial charge >= 0.3 is 0 Å². The van der Waals surface area contributed by atoms with Crippen LogP contribution in [0.15, 0.2) is 64.0 Å². The molecule has 3 aromatic rings. The third-order valence-electron chi connectivity index (χ3n) is 3.90. The topological polar surface area (TPSA) is 51.1 Å². The summed E-state index contributed by atoms with van der Waals surface area (Å²) in [4.78, 5) is 24.3. The SMILES string of the molecule is CCc1ccc(NC(=O)Cn2ccc(=O)c3cc(Br)ccc32)cc1. The second-order valence-electron chi connectivity index (χ2n) is 5.57. The molecule has 0 spiro atoms. The number of hydrogen-bond acceptors (Lipinski definition) is 2. The summed E-state index contributed by atoms with van der Waals surface area (Å²) >= 11 is 3.37. The molecule has 122 valence electrons. The van der Waals surface area contributed by atoms with Gasteiger partial charge in [-0.2, -0.15) is 0 Å². The molecular weight excluding hydrogens is 368 g/mol. The molecule has 0 aliphatic carbocycles. The van der Waals surface area contributed by atoms with Gasteiger partial charge in [-0.1, -0.05) is 35.0 Å². The Morgan fingerprint density at radius 2 is 1.88 bits per heavy atom. The van der Waals surface area contributed by atoms with Gasteiger partial charge in [-0.25, -0.2) is 0 Å². The van der Waals surface area contributed by atoms with Crippen LogP contribution in [0.5, 0.6) is 0 Å². The Kier molecular flexibility index (Phi) is 4.81. The van der Waals surface area contributed by atoms with E-state index in [2.05, 4.69) is 28.2 Å². The molecule has 0 aliphatic rings.